The number of benzene rings is 1. The lowest BCUT2D eigenvalue weighted by molar-refractivity contribution is -0.127. The number of carbonyl (C=O) groups is 2. The molecule has 2 aromatic heterocycles. The Kier molecular flexibility index (Phi) is 11.0. The van der Waals surface area contributed by atoms with Gasteiger partial charge in [0, 0.05) is 55.9 Å². The Morgan fingerprint density at radius 2 is 1.70 bits per heavy atom. The molecule has 2 unspecified atom stereocenters. The SMILES string of the molecule is C=CC(=O)NC1COCC1Nc1ncc2cc(-c3c(Cl)c(OC)cc(OC)c3Cl)c(=O)n(CCCN3CCN(C(=O)C=C)CC3)c2n1. The van der Waals surface area contributed by atoms with E-state index in [0.717, 1.165) is 0 Å². The van der Waals surface area contributed by atoms with Crippen LogP contribution in [-0.4, -0.2) is 108 Å². The fourth-order valence-corrected chi connectivity index (χ4v) is 6.46. The Hall–Kier alpha value is -4.17. The molecule has 13 nitrogen and oxygen atoms in total. The van der Waals surface area contributed by atoms with E-state index in [0.29, 0.717) is 81.4 Å². The van der Waals surface area contributed by atoms with Gasteiger partial charge in [0.05, 0.1) is 55.1 Å². The van der Waals surface area contributed by atoms with Gasteiger partial charge in [-0.1, -0.05) is 36.4 Å². The number of aromatic nitrogens is 3. The van der Waals surface area contributed by atoms with Crippen molar-refractivity contribution >= 4 is 52.0 Å². The van der Waals surface area contributed by atoms with Gasteiger partial charge < -0.3 is 29.7 Å². The highest BCUT2D eigenvalue weighted by molar-refractivity contribution is 6.41. The third-order valence-corrected chi connectivity index (χ3v) is 9.04. The first kappa shape index (κ1) is 34.2. The second-order valence-corrected chi connectivity index (χ2v) is 11.9. The highest BCUT2D eigenvalue weighted by atomic mass is 35.5. The number of piperazine rings is 1. The van der Waals surface area contributed by atoms with E-state index in [9.17, 15) is 14.4 Å². The first-order valence-corrected chi connectivity index (χ1v) is 15.9. The van der Waals surface area contributed by atoms with Crippen LogP contribution in [0, 0.1) is 0 Å². The molecule has 0 spiro atoms. The van der Waals surface area contributed by atoms with Gasteiger partial charge in [0.25, 0.3) is 5.56 Å². The Balaban J connectivity index is 1.50. The standard InChI is InChI=1S/C32H37Cl2N7O6/c1-5-25(42)36-21-17-47-18-22(21)37-32-35-16-19-14-20(27-28(33)23(45-3)15-24(46-4)29(27)34)31(44)41(30(19)38-32)9-7-8-39-10-12-40(13-11-39)26(43)6-2/h5-6,14-16,21-22H,1-2,7-13,17-18H2,3-4H3,(H,36,42)(H,35,37,38). The van der Waals surface area contributed by atoms with Crippen LogP contribution < -0.4 is 25.7 Å². The number of anilines is 1. The van der Waals surface area contributed by atoms with E-state index in [1.165, 1.54) is 26.4 Å². The van der Waals surface area contributed by atoms with Gasteiger partial charge in [-0.05, 0) is 31.2 Å². The van der Waals surface area contributed by atoms with Gasteiger partial charge in [-0.25, -0.2) is 4.98 Å². The molecule has 2 saturated heterocycles. The summed E-state index contributed by atoms with van der Waals surface area (Å²) in [4.78, 5) is 51.5. The van der Waals surface area contributed by atoms with Crippen molar-refractivity contribution in [2.45, 2.75) is 25.0 Å². The zero-order chi connectivity index (χ0) is 33.7. The highest BCUT2D eigenvalue weighted by Crippen LogP contribution is 2.45. The quantitative estimate of drug-likeness (QED) is 0.274. The second-order valence-electron chi connectivity index (χ2n) is 11.1. The lowest BCUT2D eigenvalue weighted by Crippen LogP contribution is -2.48. The molecular formula is C32H37Cl2N7O6. The predicted molar refractivity (Wildman–Crippen MR) is 181 cm³/mol. The van der Waals surface area contributed by atoms with Gasteiger partial charge in [-0.15, -0.1) is 0 Å². The molecule has 1 aromatic carbocycles. The summed E-state index contributed by atoms with van der Waals surface area (Å²) in [6.07, 6.45) is 4.77. The summed E-state index contributed by atoms with van der Waals surface area (Å²) in [5, 5.41) is 7.01. The molecule has 2 fully saturated rings. The van der Waals surface area contributed by atoms with Crippen LogP contribution in [0.2, 0.25) is 10.0 Å². The van der Waals surface area contributed by atoms with Gasteiger partial charge in [-0.2, -0.15) is 4.98 Å². The molecule has 3 aromatic rings. The molecule has 2 aliphatic rings. The van der Waals surface area contributed by atoms with Crippen LogP contribution in [0.1, 0.15) is 6.42 Å². The number of halogens is 2. The van der Waals surface area contributed by atoms with E-state index in [-0.39, 0.29) is 56.6 Å². The summed E-state index contributed by atoms with van der Waals surface area (Å²) in [6.45, 7) is 11.4. The van der Waals surface area contributed by atoms with Crippen molar-refractivity contribution < 1.29 is 23.8 Å². The average molecular weight is 687 g/mol. The highest BCUT2D eigenvalue weighted by Gasteiger charge is 2.30. The monoisotopic (exact) mass is 685 g/mol. The maximum atomic E-state index is 14.3. The minimum absolute atomic E-state index is 0.0753. The fraction of sp³-hybridized carbons (Fsp3) is 0.406. The summed E-state index contributed by atoms with van der Waals surface area (Å²) in [5.74, 6) is 0.488. The number of hydrogen-bond acceptors (Lipinski definition) is 10. The van der Waals surface area contributed by atoms with Crippen molar-refractivity contribution in [3.05, 3.63) is 64.0 Å². The number of nitrogens with one attached hydrogen (secondary N) is 2. The molecular weight excluding hydrogens is 649 g/mol. The second kappa shape index (κ2) is 15.2. The predicted octanol–water partition coefficient (Wildman–Crippen LogP) is 2.98. The van der Waals surface area contributed by atoms with Crippen molar-refractivity contribution in [1.82, 2.24) is 29.7 Å². The minimum Gasteiger partial charge on any atom is -0.495 e. The van der Waals surface area contributed by atoms with Crippen LogP contribution in [0.5, 0.6) is 11.5 Å². The van der Waals surface area contributed by atoms with E-state index >= 15 is 0 Å². The maximum absolute atomic E-state index is 14.3. The van der Waals surface area contributed by atoms with Crippen LogP contribution in [-0.2, 0) is 20.9 Å². The van der Waals surface area contributed by atoms with E-state index in [4.69, 9.17) is 42.4 Å². The summed E-state index contributed by atoms with van der Waals surface area (Å²) in [6, 6.07) is 2.60. The maximum Gasteiger partial charge on any atom is 0.260 e. The number of methoxy groups -OCH3 is 2. The van der Waals surface area contributed by atoms with Crippen LogP contribution in [0.15, 0.2) is 48.4 Å². The average Bonchev–Trinajstić information content (AvgIpc) is 3.52. The zero-order valence-corrected chi connectivity index (χ0v) is 27.8. The molecule has 15 heteroatoms. The van der Waals surface area contributed by atoms with Gasteiger partial charge in [-0.3, -0.25) is 23.9 Å². The number of pyridine rings is 1. The number of amides is 2. The van der Waals surface area contributed by atoms with E-state index in [1.807, 2.05) is 0 Å². The van der Waals surface area contributed by atoms with E-state index in [1.54, 1.807) is 27.8 Å². The molecule has 250 valence electrons. The molecule has 2 N–H and O–H groups in total. The lowest BCUT2D eigenvalue weighted by Gasteiger charge is -2.34. The van der Waals surface area contributed by atoms with Crippen LogP contribution in [0.3, 0.4) is 0 Å². The number of carbonyl (C=O) groups excluding carboxylic acids is 2. The van der Waals surface area contributed by atoms with E-state index in [2.05, 4.69) is 33.7 Å². The topological polar surface area (TPSA) is 140 Å². The van der Waals surface area contributed by atoms with Crippen molar-refractivity contribution in [3.63, 3.8) is 0 Å². The molecule has 47 heavy (non-hydrogen) atoms. The number of rotatable bonds is 12. The lowest BCUT2D eigenvalue weighted by atomic mass is 10.0. The normalized spacial score (nSPS) is 18.2. The molecule has 0 aliphatic carbocycles. The van der Waals surface area contributed by atoms with Gasteiger partial charge >= 0.3 is 0 Å². The molecule has 4 heterocycles. The first-order valence-electron chi connectivity index (χ1n) is 15.1. The Morgan fingerprint density at radius 3 is 2.34 bits per heavy atom. The van der Waals surface area contributed by atoms with Gasteiger partial charge in [0.2, 0.25) is 17.8 Å². The zero-order valence-electron chi connectivity index (χ0n) is 26.3. The Bertz CT molecular complexity index is 1710. The van der Waals surface area contributed by atoms with Gasteiger partial charge in [0.1, 0.15) is 17.1 Å². The number of hydrogen-bond donors (Lipinski definition) is 2. The minimum atomic E-state index is -0.358. The molecule has 5 rings (SSSR count). The Morgan fingerprint density at radius 1 is 1.02 bits per heavy atom. The third kappa shape index (κ3) is 7.38. The van der Waals surface area contributed by atoms with Crippen LogP contribution in [0.25, 0.3) is 22.2 Å². The number of fused-ring (bicyclic) bond motifs is 1. The summed E-state index contributed by atoms with van der Waals surface area (Å²) >= 11 is 13.5. The molecule has 0 radical (unpaired) electrons. The summed E-state index contributed by atoms with van der Waals surface area (Å²) < 4.78 is 18.1. The van der Waals surface area contributed by atoms with E-state index < -0.39 is 0 Å². The molecule has 2 atom stereocenters. The third-order valence-electron chi connectivity index (χ3n) is 8.29. The largest absolute Gasteiger partial charge is 0.495 e. The smallest absolute Gasteiger partial charge is 0.260 e. The van der Waals surface area contributed by atoms with Crippen molar-refractivity contribution in [3.8, 4) is 22.6 Å². The van der Waals surface area contributed by atoms with Crippen molar-refractivity contribution in [1.29, 1.82) is 0 Å². The fourth-order valence-electron chi connectivity index (χ4n) is 5.76. The molecule has 0 bridgehead atoms. The number of ether oxygens (including phenoxy) is 3. The number of aryl methyl sites for hydroxylation is 1. The molecule has 2 amide bonds. The summed E-state index contributed by atoms with van der Waals surface area (Å²) in [7, 11) is 2.94. The molecule has 2 aliphatic heterocycles. The first-order chi connectivity index (χ1) is 22.7. The van der Waals surface area contributed by atoms with Crippen molar-refractivity contribution in [2.24, 2.45) is 0 Å². The van der Waals surface area contributed by atoms with Crippen LogP contribution in [0.4, 0.5) is 5.95 Å². The van der Waals surface area contributed by atoms with Crippen LogP contribution >= 0.6 is 23.2 Å². The number of nitrogens with zero attached hydrogens (tertiary/aromatic N) is 5. The Labute approximate surface area is 282 Å². The van der Waals surface area contributed by atoms with Crippen molar-refractivity contribution in [2.75, 3.05) is 65.5 Å². The summed E-state index contributed by atoms with van der Waals surface area (Å²) in [5.41, 5.74) is 0.564. The molecule has 0 saturated carbocycles. The van der Waals surface area contributed by atoms with Gasteiger partial charge in [0.15, 0.2) is 0 Å².